The van der Waals surface area contributed by atoms with Crippen LogP contribution in [0.3, 0.4) is 0 Å². The Kier molecular flexibility index (Phi) is 7.16. The molecule has 3 nitrogen and oxygen atoms in total. The third kappa shape index (κ3) is 5.02. The summed E-state index contributed by atoms with van der Waals surface area (Å²) in [6.07, 6.45) is 8.70. The molecule has 0 N–H and O–H groups in total. The standard InChI is InChI=1S/C20H27FN2O/c1-3-16(11-12-22-2)20(24)10-7-17-15-18(21)8-9-19(17)23-13-5-4-6-14-23/h8-9,11-12,15H,3-7,10,13-14H2,1-2H3/b16-11+,22-12-. The molecule has 0 radical (unpaired) electrons. The maximum atomic E-state index is 13.7. The zero-order valence-corrected chi connectivity index (χ0v) is 14.7. The Morgan fingerprint density at radius 3 is 2.71 bits per heavy atom. The van der Waals surface area contributed by atoms with Crippen molar-refractivity contribution in [3.05, 3.63) is 41.2 Å². The number of anilines is 1. The molecule has 130 valence electrons. The Bertz CT molecular complexity index is 616. The van der Waals surface area contributed by atoms with E-state index in [1.807, 2.05) is 13.0 Å². The largest absolute Gasteiger partial charge is 0.371 e. The van der Waals surface area contributed by atoms with Crippen molar-refractivity contribution in [2.24, 2.45) is 4.99 Å². The number of carbonyl (C=O) groups is 1. The number of aryl methyl sites for hydroxylation is 1. The molecule has 0 unspecified atom stereocenters. The molecule has 0 spiro atoms. The second-order valence-electron chi connectivity index (χ2n) is 6.20. The molecule has 1 heterocycles. The first-order valence-electron chi connectivity index (χ1n) is 8.83. The lowest BCUT2D eigenvalue weighted by atomic mass is 9.99. The van der Waals surface area contributed by atoms with Crippen LogP contribution in [-0.2, 0) is 11.2 Å². The number of carbonyl (C=O) groups excluding carboxylic acids is 1. The van der Waals surface area contributed by atoms with Crippen molar-refractivity contribution in [3.8, 4) is 0 Å². The van der Waals surface area contributed by atoms with Gasteiger partial charge in [0.05, 0.1) is 0 Å². The minimum Gasteiger partial charge on any atom is -0.371 e. The molecule has 1 saturated heterocycles. The van der Waals surface area contributed by atoms with Gasteiger partial charge in [0.15, 0.2) is 5.78 Å². The highest BCUT2D eigenvalue weighted by atomic mass is 19.1. The minimum absolute atomic E-state index is 0.117. The third-order valence-corrected chi connectivity index (χ3v) is 4.52. The van der Waals surface area contributed by atoms with Gasteiger partial charge in [0, 0.05) is 38.5 Å². The Hall–Kier alpha value is -1.97. The highest BCUT2D eigenvalue weighted by Crippen LogP contribution is 2.26. The first-order chi connectivity index (χ1) is 11.7. The van der Waals surface area contributed by atoms with Crippen LogP contribution in [0.25, 0.3) is 0 Å². The number of hydrogen-bond donors (Lipinski definition) is 0. The Morgan fingerprint density at radius 1 is 1.29 bits per heavy atom. The van der Waals surface area contributed by atoms with Crippen LogP contribution in [0.2, 0.25) is 0 Å². The van der Waals surface area contributed by atoms with Crippen molar-refractivity contribution in [1.29, 1.82) is 0 Å². The van der Waals surface area contributed by atoms with E-state index in [2.05, 4.69) is 9.89 Å². The van der Waals surface area contributed by atoms with Crippen molar-refractivity contribution in [2.75, 3.05) is 25.0 Å². The van der Waals surface area contributed by atoms with E-state index in [1.54, 1.807) is 25.4 Å². The summed E-state index contributed by atoms with van der Waals surface area (Å²) in [5.41, 5.74) is 2.79. The van der Waals surface area contributed by atoms with Crippen LogP contribution in [0.15, 0.2) is 34.8 Å². The molecule has 1 aromatic rings. The van der Waals surface area contributed by atoms with Crippen LogP contribution in [0, 0.1) is 5.82 Å². The van der Waals surface area contributed by atoms with E-state index in [0.717, 1.165) is 29.9 Å². The summed E-state index contributed by atoms with van der Waals surface area (Å²) in [6, 6.07) is 4.96. The molecule has 0 bridgehead atoms. The molecule has 1 fully saturated rings. The number of aliphatic imine (C=N–C) groups is 1. The number of benzene rings is 1. The summed E-state index contributed by atoms with van der Waals surface area (Å²) in [7, 11) is 1.69. The van der Waals surface area contributed by atoms with Crippen LogP contribution >= 0.6 is 0 Å². The quantitative estimate of drug-likeness (QED) is 0.550. The van der Waals surface area contributed by atoms with E-state index >= 15 is 0 Å². The number of piperidine rings is 1. The zero-order chi connectivity index (χ0) is 17.4. The second-order valence-corrected chi connectivity index (χ2v) is 6.20. The summed E-state index contributed by atoms with van der Waals surface area (Å²) in [5.74, 6) is -0.117. The van der Waals surface area contributed by atoms with Crippen molar-refractivity contribution in [1.82, 2.24) is 0 Å². The fourth-order valence-electron chi connectivity index (χ4n) is 3.18. The lowest BCUT2D eigenvalue weighted by Gasteiger charge is -2.30. The summed E-state index contributed by atoms with van der Waals surface area (Å²) < 4.78 is 13.7. The number of hydrogen-bond acceptors (Lipinski definition) is 3. The topological polar surface area (TPSA) is 32.7 Å². The molecule has 1 aliphatic rings. The van der Waals surface area contributed by atoms with E-state index in [9.17, 15) is 9.18 Å². The van der Waals surface area contributed by atoms with Gasteiger partial charge in [-0.2, -0.15) is 0 Å². The number of nitrogens with zero attached hydrogens (tertiary/aromatic N) is 2. The number of halogens is 1. The summed E-state index contributed by atoms with van der Waals surface area (Å²) in [4.78, 5) is 18.6. The van der Waals surface area contributed by atoms with Gasteiger partial charge in [-0.1, -0.05) is 6.92 Å². The summed E-state index contributed by atoms with van der Waals surface area (Å²) >= 11 is 0. The van der Waals surface area contributed by atoms with Gasteiger partial charge in [-0.15, -0.1) is 0 Å². The second kappa shape index (κ2) is 9.36. The van der Waals surface area contributed by atoms with Crippen molar-refractivity contribution < 1.29 is 9.18 Å². The molecular weight excluding hydrogens is 303 g/mol. The molecule has 0 saturated carbocycles. The van der Waals surface area contributed by atoms with Crippen molar-refractivity contribution >= 4 is 17.7 Å². The monoisotopic (exact) mass is 330 g/mol. The van der Waals surface area contributed by atoms with Crippen LogP contribution in [0.4, 0.5) is 10.1 Å². The number of allylic oxidation sites excluding steroid dienone is 2. The maximum absolute atomic E-state index is 13.7. The smallest absolute Gasteiger partial charge is 0.159 e. The molecule has 0 aliphatic carbocycles. The highest BCUT2D eigenvalue weighted by Gasteiger charge is 2.16. The van der Waals surface area contributed by atoms with E-state index in [1.165, 1.54) is 25.3 Å². The number of rotatable bonds is 7. The van der Waals surface area contributed by atoms with Gasteiger partial charge in [0.1, 0.15) is 5.82 Å². The van der Waals surface area contributed by atoms with Gasteiger partial charge in [-0.3, -0.25) is 9.79 Å². The van der Waals surface area contributed by atoms with E-state index in [4.69, 9.17) is 0 Å². The Labute approximate surface area is 144 Å². The van der Waals surface area contributed by atoms with Crippen LogP contribution < -0.4 is 4.90 Å². The van der Waals surface area contributed by atoms with Gasteiger partial charge < -0.3 is 4.90 Å². The zero-order valence-electron chi connectivity index (χ0n) is 14.7. The number of ketones is 1. The van der Waals surface area contributed by atoms with Gasteiger partial charge in [0.25, 0.3) is 0 Å². The SMILES string of the molecule is CC/C(=C\C=N/C)C(=O)CCc1cc(F)ccc1N1CCCCC1. The normalized spacial score (nSPS) is 16.0. The molecule has 1 aromatic carbocycles. The lowest BCUT2D eigenvalue weighted by Crippen LogP contribution is -2.30. The minimum atomic E-state index is -0.234. The first kappa shape index (κ1) is 18.4. The van der Waals surface area contributed by atoms with Crippen LogP contribution in [0.5, 0.6) is 0 Å². The molecule has 24 heavy (non-hydrogen) atoms. The predicted octanol–water partition coefficient (Wildman–Crippen LogP) is 4.35. The van der Waals surface area contributed by atoms with Gasteiger partial charge in [-0.25, -0.2) is 4.39 Å². The lowest BCUT2D eigenvalue weighted by molar-refractivity contribution is -0.115. The average molecular weight is 330 g/mol. The van der Waals surface area contributed by atoms with Gasteiger partial charge in [-0.05, 0) is 67.5 Å². The van der Waals surface area contributed by atoms with E-state index < -0.39 is 0 Å². The fourth-order valence-corrected chi connectivity index (χ4v) is 3.18. The third-order valence-electron chi connectivity index (χ3n) is 4.52. The maximum Gasteiger partial charge on any atom is 0.159 e. The first-order valence-corrected chi connectivity index (χ1v) is 8.83. The Balaban J connectivity index is 2.11. The molecule has 1 aliphatic heterocycles. The summed E-state index contributed by atoms with van der Waals surface area (Å²) in [5, 5.41) is 0. The van der Waals surface area contributed by atoms with Gasteiger partial charge >= 0.3 is 0 Å². The summed E-state index contributed by atoms with van der Waals surface area (Å²) in [6.45, 7) is 3.99. The average Bonchev–Trinajstić information content (AvgIpc) is 2.61. The molecule has 0 atom stereocenters. The van der Waals surface area contributed by atoms with Gasteiger partial charge in [0.2, 0.25) is 0 Å². The van der Waals surface area contributed by atoms with E-state index in [0.29, 0.717) is 19.3 Å². The van der Waals surface area contributed by atoms with E-state index in [-0.39, 0.29) is 11.6 Å². The van der Waals surface area contributed by atoms with Crippen LogP contribution in [-0.4, -0.2) is 32.1 Å². The molecule has 2 rings (SSSR count). The molecule has 4 heteroatoms. The fraction of sp³-hybridized carbons (Fsp3) is 0.500. The predicted molar refractivity (Wildman–Crippen MR) is 98.6 cm³/mol. The highest BCUT2D eigenvalue weighted by molar-refractivity contribution is 5.98. The Morgan fingerprint density at radius 2 is 2.04 bits per heavy atom. The molecule has 0 amide bonds. The number of Topliss-reactive ketones (excluding diaryl/α,β-unsaturated/α-hetero) is 1. The molecular formula is C20H27FN2O. The molecule has 0 aromatic heterocycles. The van der Waals surface area contributed by atoms with Crippen molar-refractivity contribution in [2.45, 2.75) is 45.4 Å². The van der Waals surface area contributed by atoms with Crippen molar-refractivity contribution in [3.63, 3.8) is 0 Å². The van der Waals surface area contributed by atoms with Crippen LogP contribution in [0.1, 0.15) is 44.6 Å².